The van der Waals surface area contributed by atoms with Crippen molar-refractivity contribution in [3.8, 4) is 0 Å². The van der Waals surface area contributed by atoms with Gasteiger partial charge in [0.25, 0.3) is 5.91 Å². The summed E-state index contributed by atoms with van der Waals surface area (Å²) in [5, 5.41) is 7.19. The van der Waals surface area contributed by atoms with Gasteiger partial charge in [0.15, 0.2) is 0 Å². The van der Waals surface area contributed by atoms with Crippen LogP contribution in [0.3, 0.4) is 0 Å². The second-order valence-electron chi connectivity index (χ2n) is 5.58. The van der Waals surface area contributed by atoms with Crippen LogP contribution in [-0.4, -0.2) is 26.2 Å². The number of amides is 1. The van der Waals surface area contributed by atoms with E-state index in [0.717, 1.165) is 31.4 Å². The van der Waals surface area contributed by atoms with Gasteiger partial charge in [-0.2, -0.15) is 5.10 Å². The van der Waals surface area contributed by atoms with Crippen LogP contribution in [0.25, 0.3) is 0 Å². The fourth-order valence-electron chi connectivity index (χ4n) is 2.77. The van der Waals surface area contributed by atoms with Crippen molar-refractivity contribution in [3.63, 3.8) is 0 Å². The zero-order chi connectivity index (χ0) is 14.8. The first kappa shape index (κ1) is 15.0. The summed E-state index contributed by atoms with van der Waals surface area (Å²) < 4.78 is 1.69. The van der Waals surface area contributed by atoms with Gasteiger partial charge in [0.2, 0.25) is 0 Å². The van der Waals surface area contributed by atoms with Gasteiger partial charge < -0.3 is 11.1 Å². The molecule has 0 radical (unpaired) electrons. The lowest BCUT2D eigenvalue weighted by Gasteiger charge is -2.32. The van der Waals surface area contributed by atoms with Crippen molar-refractivity contribution >= 4 is 23.1 Å². The van der Waals surface area contributed by atoms with E-state index in [1.54, 1.807) is 10.9 Å². The van der Waals surface area contributed by atoms with Crippen molar-refractivity contribution in [3.05, 3.63) is 17.5 Å². The summed E-state index contributed by atoms with van der Waals surface area (Å²) in [6.45, 7) is 1.88. The van der Waals surface area contributed by atoms with E-state index in [9.17, 15) is 4.79 Å². The third-order valence-corrected chi connectivity index (χ3v) is 4.65. The molecule has 0 spiro atoms. The Labute approximate surface area is 124 Å². The number of thiocarbonyl (C=S) groups is 1. The molecule has 5 nitrogen and oxygen atoms in total. The van der Waals surface area contributed by atoms with Gasteiger partial charge in [0.1, 0.15) is 0 Å². The summed E-state index contributed by atoms with van der Waals surface area (Å²) in [7, 11) is 1.82. The summed E-state index contributed by atoms with van der Waals surface area (Å²) in [6.07, 6.45) is 7.68. The molecule has 1 fully saturated rings. The molecule has 1 saturated carbocycles. The van der Waals surface area contributed by atoms with Crippen molar-refractivity contribution < 1.29 is 4.79 Å². The molecule has 0 saturated heterocycles. The highest BCUT2D eigenvalue weighted by Gasteiger charge is 2.36. The molecule has 0 bridgehead atoms. The molecule has 0 atom stereocenters. The number of hydrogen-bond donors (Lipinski definition) is 2. The Balaban J connectivity index is 2.22. The van der Waals surface area contributed by atoms with Gasteiger partial charge in [-0.15, -0.1) is 0 Å². The largest absolute Gasteiger partial charge is 0.391 e. The highest BCUT2D eigenvalue weighted by molar-refractivity contribution is 7.80. The maximum atomic E-state index is 12.5. The SMILES string of the molecule is Cc1c(C(=O)NC2(C(N)=S)CCCCCC2)cnn1C. The third-order valence-electron chi connectivity index (χ3n) is 4.26. The molecule has 1 aliphatic carbocycles. The molecule has 6 heteroatoms. The van der Waals surface area contributed by atoms with Crippen LogP contribution in [0.5, 0.6) is 0 Å². The number of aryl methyl sites for hydroxylation is 1. The maximum Gasteiger partial charge on any atom is 0.255 e. The Hall–Kier alpha value is -1.43. The average Bonchev–Trinajstić information content (AvgIpc) is 2.63. The second-order valence-corrected chi connectivity index (χ2v) is 6.02. The first-order chi connectivity index (χ1) is 9.46. The lowest BCUT2D eigenvalue weighted by molar-refractivity contribution is 0.0916. The first-order valence-corrected chi connectivity index (χ1v) is 7.48. The Kier molecular flexibility index (Phi) is 4.42. The summed E-state index contributed by atoms with van der Waals surface area (Å²) in [6, 6.07) is 0. The number of hydrogen-bond acceptors (Lipinski definition) is 3. The van der Waals surface area contributed by atoms with Crippen LogP contribution in [0.1, 0.15) is 54.6 Å². The standard InChI is InChI=1S/C14H22N4OS/c1-10-11(9-16-18(10)2)12(19)17-14(13(15)20)7-5-3-4-6-8-14/h9H,3-8H2,1-2H3,(H2,15,20)(H,17,19). The normalized spacial score (nSPS) is 18.3. The molecule has 1 aliphatic rings. The quantitative estimate of drug-likeness (QED) is 0.659. The van der Waals surface area contributed by atoms with Crippen molar-refractivity contribution in [2.45, 2.75) is 51.0 Å². The van der Waals surface area contributed by atoms with Gasteiger partial charge in [-0.3, -0.25) is 9.48 Å². The number of nitrogens with two attached hydrogens (primary N) is 1. The molecule has 0 aliphatic heterocycles. The monoisotopic (exact) mass is 294 g/mol. The average molecular weight is 294 g/mol. The topological polar surface area (TPSA) is 72.9 Å². The molecule has 0 unspecified atom stereocenters. The second kappa shape index (κ2) is 5.91. The van der Waals surface area contributed by atoms with E-state index in [0.29, 0.717) is 10.6 Å². The van der Waals surface area contributed by atoms with Crippen molar-refractivity contribution in [2.75, 3.05) is 0 Å². The van der Waals surface area contributed by atoms with Crippen molar-refractivity contribution in [1.82, 2.24) is 15.1 Å². The van der Waals surface area contributed by atoms with Gasteiger partial charge in [-0.25, -0.2) is 0 Å². The minimum absolute atomic E-state index is 0.134. The van der Waals surface area contributed by atoms with Gasteiger partial charge in [-0.1, -0.05) is 37.9 Å². The number of nitrogens with zero attached hydrogens (tertiary/aromatic N) is 2. The van der Waals surface area contributed by atoms with E-state index >= 15 is 0 Å². The highest BCUT2D eigenvalue weighted by atomic mass is 32.1. The Morgan fingerprint density at radius 2 is 2.00 bits per heavy atom. The molecular weight excluding hydrogens is 272 g/mol. The molecular formula is C14H22N4OS. The summed E-state index contributed by atoms with van der Waals surface area (Å²) in [4.78, 5) is 12.9. The molecule has 1 aromatic heterocycles. The van der Waals surface area contributed by atoms with E-state index in [-0.39, 0.29) is 5.91 Å². The van der Waals surface area contributed by atoms with E-state index in [2.05, 4.69) is 10.4 Å². The fraction of sp³-hybridized carbons (Fsp3) is 0.643. The summed E-state index contributed by atoms with van der Waals surface area (Å²) in [5.41, 5.74) is 6.83. The predicted molar refractivity (Wildman–Crippen MR) is 82.6 cm³/mol. The molecule has 1 amide bonds. The molecule has 1 heterocycles. The van der Waals surface area contributed by atoms with Gasteiger partial charge >= 0.3 is 0 Å². The number of carbonyl (C=O) groups excluding carboxylic acids is 1. The van der Waals surface area contributed by atoms with Crippen LogP contribution in [0.15, 0.2) is 6.20 Å². The fourth-order valence-corrected chi connectivity index (χ4v) is 3.03. The number of aromatic nitrogens is 2. The minimum atomic E-state index is -0.537. The zero-order valence-electron chi connectivity index (χ0n) is 12.1. The highest BCUT2D eigenvalue weighted by Crippen LogP contribution is 2.28. The van der Waals surface area contributed by atoms with Gasteiger partial charge in [0.05, 0.1) is 22.3 Å². The van der Waals surface area contributed by atoms with Crippen LogP contribution in [0, 0.1) is 6.92 Å². The van der Waals surface area contributed by atoms with Gasteiger partial charge in [-0.05, 0) is 19.8 Å². The molecule has 110 valence electrons. The maximum absolute atomic E-state index is 12.5. The van der Waals surface area contributed by atoms with E-state index in [1.165, 1.54) is 12.8 Å². The number of rotatable bonds is 3. The first-order valence-electron chi connectivity index (χ1n) is 7.07. The lowest BCUT2D eigenvalue weighted by atomic mass is 9.89. The Bertz CT molecular complexity index is 515. The lowest BCUT2D eigenvalue weighted by Crippen LogP contribution is -2.56. The zero-order valence-corrected chi connectivity index (χ0v) is 12.9. The third kappa shape index (κ3) is 2.85. The summed E-state index contributed by atoms with van der Waals surface area (Å²) >= 11 is 5.24. The summed E-state index contributed by atoms with van der Waals surface area (Å²) in [5.74, 6) is -0.134. The Morgan fingerprint density at radius 3 is 2.45 bits per heavy atom. The van der Waals surface area contributed by atoms with Crippen LogP contribution in [0.2, 0.25) is 0 Å². The Morgan fingerprint density at radius 1 is 1.40 bits per heavy atom. The predicted octanol–water partition coefficient (Wildman–Crippen LogP) is 1.84. The molecule has 2 rings (SSSR count). The molecule has 1 aromatic rings. The number of nitrogens with one attached hydrogen (secondary N) is 1. The molecule has 3 N–H and O–H groups in total. The van der Waals surface area contributed by atoms with Crippen molar-refractivity contribution in [2.24, 2.45) is 12.8 Å². The van der Waals surface area contributed by atoms with E-state index in [4.69, 9.17) is 18.0 Å². The minimum Gasteiger partial charge on any atom is -0.391 e. The smallest absolute Gasteiger partial charge is 0.255 e. The van der Waals surface area contributed by atoms with Gasteiger partial charge in [0, 0.05) is 12.7 Å². The van der Waals surface area contributed by atoms with E-state index in [1.807, 2.05) is 14.0 Å². The van der Waals surface area contributed by atoms with Crippen LogP contribution < -0.4 is 11.1 Å². The van der Waals surface area contributed by atoms with Crippen LogP contribution in [-0.2, 0) is 7.05 Å². The van der Waals surface area contributed by atoms with E-state index < -0.39 is 5.54 Å². The number of carbonyl (C=O) groups is 1. The van der Waals surface area contributed by atoms with Crippen LogP contribution in [0.4, 0.5) is 0 Å². The van der Waals surface area contributed by atoms with Crippen molar-refractivity contribution in [1.29, 1.82) is 0 Å². The van der Waals surface area contributed by atoms with Crippen LogP contribution >= 0.6 is 12.2 Å². The molecule has 0 aromatic carbocycles. The molecule has 20 heavy (non-hydrogen) atoms.